The maximum Gasteiger partial charge on any atom is 0.295 e. The topological polar surface area (TPSA) is 119 Å². The quantitative estimate of drug-likeness (QED) is 0.498. The van der Waals surface area contributed by atoms with Gasteiger partial charge in [0.25, 0.3) is 17.6 Å². The van der Waals surface area contributed by atoms with Gasteiger partial charge in [0.1, 0.15) is 11.8 Å². The monoisotopic (exact) mass is 431 g/mol. The van der Waals surface area contributed by atoms with Gasteiger partial charge < -0.3 is 19.5 Å². The lowest BCUT2D eigenvalue weighted by Crippen LogP contribution is -2.56. The molecule has 3 heterocycles. The second kappa shape index (κ2) is 8.51. The Balaban J connectivity index is 1.54. The van der Waals surface area contributed by atoms with E-state index in [9.17, 15) is 19.6 Å². The van der Waals surface area contributed by atoms with Crippen LogP contribution in [0.5, 0.6) is 5.75 Å². The second-order valence-corrected chi connectivity index (χ2v) is 7.53. The largest absolute Gasteiger partial charge is 0.494 e. The van der Waals surface area contributed by atoms with Gasteiger partial charge in [-0.3, -0.25) is 14.4 Å². The molecule has 4 rings (SSSR count). The molecule has 1 aliphatic rings. The van der Waals surface area contributed by atoms with Gasteiger partial charge in [0.05, 0.1) is 29.8 Å². The summed E-state index contributed by atoms with van der Waals surface area (Å²) in [5.41, 5.74) is 1.16. The smallest absolute Gasteiger partial charge is 0.295 e. The van der Waals surface area contributed by atoms with E-state index in [1.54, 1.807) is 29.2 Å². The van der Waals surface area contributed by atoms with Crippen LogP contribution < -0.4 is 4.74 Å². The molecule has 2 amide bonds. The summed E-state index contributed by atoms with van der Waals surface area (Å²) in [6.45, 7) is 2.67. The van der Waals surface area contributed by atoms with Crippen LogP contribution in [-0.4, -0.2) is 70.2 Å². The van der Waals surface area contributed by atoms with E-state index in [4.69, 9.17) is 4.74 Å². The number of rotatable bonds is 4. The number of nitriles is 1. The first kappa shape index (κ1) is 21.1. The zero-order valence-electron chi connectivity index (χ0n) is 17.7. The Labute approximate surface area is 184 Å². The van der Waals surface area contributed by atoms with Gasteiger partial charge in [0.15, 0.2) is 5.69 Å². The van der Waals surface area contributed by atoms with E-state index in [0.29, 0.717) is 28.8 Å². The number of amides is 2. The Morgan fingerprint density at radius 3 is 2.62 bits per heavy atom. The van der Waals surface area contributed by atoms with Gasteiger partial charge in [-0.2, -0.15) is 5.26 Å². The lowest BCUT2D eigenvalue weighted by molar-refractivity contribution is -0.128. The molecule has 1 atom stereocenters. The number of benzene rings is 1. The average Bonchev–Trinajstić information content (AvgIpc) is 3.28. The number of nitrogens with zero attached hydrogens (tertiary/aromatic N) is 4. The highest BCUT2D eigenvalue weighted by atomic mass is 16.5. The Morgan fingerprint density at radius 2 is 1.97 bits per heavy atom. The van der Waals surface area contributed by atoms with Crippen LogP contribution in [0, 0.1) is 11.3 Å². The van der Waals surface area contributed by atoms with Crippen LogP contribution in [0.1, 0.15) is 33.3 Å². The zero-order chi connectivity index (χ0) is 22.8. The SMILES string of the molecule is COc1cnc(C#N)c2[nH]cc(C(=O)C(=O)N3CCN(C(=O)c4ccccc4)[C@H](C)C3)c12. The first-order chi connectivity index (χ1) is 15.5. The van der Waals surface area contributed by atoms with Gasteiger partial charge >= 0.3 is 0 Å². The number of pyridine rings is 1. The second-order valence-electron chi connectivity index (χ2n) is 7.53. The summed E-state index contributed by atoms with van der Waals surface area (Å²) in [6, 6.07) is 10.7. The molecule has 0 bridgehead atoms. The maximum atomic E-state index is 13.1. The number of nitrogens with one attached hydrogen (secondary N) is 1. The van der Waals surface area contributed by atoms with Gasteiger partial charge in [0.2, 0.25) is 0 Å². The number of ketones is 1. The minimum Gasteiger partial charge on any atom is -0.494 e. The van der Waals surface area contributed by atoms with Crippen molar-refractivity contribution in [1.82, 2.24) is 19.8 Å². The number of hydrogen-bond donors (Lipinski definition) is 1. The fourth-order valence-electron chi connectivity index (χ4n) is 3.99. The summed E-state index contributed by atoms with van der Waals surface area (Å²) in [6.07, 6.45) is 2.75. The number of carbonyl (C=O) groups excluding carboxylic acids is 3. The van der Waals surface area contributed by atoms with E-state index in [1.807, 2.05) is 19.1 Å². The number of ether oxygens (including phenoxy) is 1. The van der Waals surface area contributed by atoms with Crippen LogP contribution in [0.25, 0.3) is 10.9 Å². The van der Waals surface area contributed by atoms with Crippen molar-refractivity contribution in [3.8, 4) is 11.8 Å². The fraction of sp³-hybridized carbons (Fsp3) is 0.261. The van der Waals surface area contributed by atoms with Crippen LogP contribution in [0.4, 0.5) is 0 Å². The molecule has 0 spiro atoms. The molecule has 162 valence electrons. The van der Waals surface area contributed by atoms with E-state index in [0.717, 1.165) is 0 Å². The molecule has 2 aromatic heterocycles. The number of fused-ring (bicyclic) bond motifs is 1. The lowest BCUT2D eigenvalue weighted by Gasteiger charge is -2.39. The summed E-state index contributed by atoms with van der Waals surface area (Å²) in [5, 5.41) is 9.63. The number of aromatic amines is 1. The molecule has 1 N–H and O–H groups in total. The molecule has 3 aromatic rings. The highest BCUT2D eigenvalue weighted by Gasteiger charge is 2.34. The normalized spacial score (nSPS) is 16.0. The minimum absolute atomic E-state index is 0.102. The molecule has 32 heavy (non-hydrogen) atoms. The Bertz CT molecular complexity index is 1240. The number of carbonyl (C=O) groups is 3. The number of piperazine rings is 1. The minimum atomic E-state index is -0.709. The van der Waals surface area contributed by atoms with E-state index in [1.165, 1.54) is 24.4 Å². The Kier molecular flexibility index (Phi) is 5.60. The van der Waals surface area contributed by atoms with Gasteiger partial charge in [-0.25, -0.2) is 4.98 Å². The van der Waals surface area contributed by atoms with Crippen LogP contribution >= 0.6 is 0 Å². The highest BCUT2D eigenvalue weighted by Crippen LogP contribution is 2.30. The third kappa shape index (κ3) is 3.56. The molecular weight excluding hydrogens is 410 g/mol. The molecular formula is C23H21N5O4. The van der Waals surface area contributed by atoms with Gasteiger partial charge in [0, 0.05) is 37.4 Å². The lowest BCUT2D eigenvalue weighted by atomic mass is 10.1. The Morgan fingerprint density at radius 1 is 1.22 bits per heavy atom. The molecule has 9 nitrogen and oxygen atoms in total. The summed E-state index contributed by atoms with van der Waals surface area (Å²) in [5.74, 6) is -1.18. The van der Waals surface area contributed by atoms with Crippen molar-refractivity contribution >= 4 is 28.5 Å². The molecule has 0 radical (unpaired) electrons. The summed E-state index contributed by atoms with van der Waals surface area (Å²) in [7, 11) is 1.43. The summed E-state index contributed by atoms with van der Waals surface area (Å²) < 4.78 is 5.29. The predicted molar refractivity (Wildman–Crippen MR) is 115 cm³/mol. The highest BCUT2D eigenvalue weighted by molar-refractivity contribution is 6.45. The van der Waals surface area contributed by atoms with Crippen LogP contribution in [0.3, 0.4) is 0 Å². The summed E-state index contributed by atoms with van der Waals surface area (Å²) in [4.78, 5) is 48.9. The fourth-order valence-corrected chi connectivity index (χ4v) is 3.99. The van der Waals surface area contributed by atoms with E-state index < -0.39 is 11.7 Å². The van der Waals surface area contributed by atoms with Crippen molar-refractivity contribution < 1.29 is 19.1 Å². The molecule has 0 saturated carbocycles. The van der Waals surface area contributed by atoms with Crippen molar-refractivity contribution in [2.24, 2.45) is 0 Å². The van der Waals surface area contributed by atoms with E-state index in [2.05, 4.69) is 9.97 Å². The van der Waals surface area contributed by atoms with Crippen LogP contribution in [0.2, 0.25) is 0 Å². The van der Waals surface area contributed by atoms with Gasteiger partial charge in [-0.05, 0) is 19.1 Å². The van der Waals surface area contributed by atoms with Gasteiger partial charge in [-0.1, -0.05) is 18.2 Å². The molecule has 0 aliphatic carbocycles. The summed E-state index contributed by atoms with van der Waals surface area (Å²) >= 11 is 0. The number of aromatic nitrogens is 2. The molecule has 1 aliphatic heterocycles. The third-order valence-corrected chi connectivity index (χ3v) is 5.64. The molecule has 9 heteroatoms. The predicted octanol–water partition coefficient (Wildman–Crippen LogP) is 2.00. The number of hydrogen-bond acceptors (Lipinski definition) is 6. The average molecular weight is 431 g/mol. The van der Waals surface area contributed by atoms with Crippen LogP contribution in [-0.2, 0) is 4.79 Å². The van der Waals surface area contributed by atoms with Crippen molar-refractivity contribution in [2.45, 2.75) is 13.0 Å². The first-order valence-electron chi connectivity index (χ1n) is 10.1. The third-order valence-electron chi connectivity index (χ3n) is 5.64. The molecule has 1 saturated heterocycles. The zero-order valence-corrected chi connectivity index (χ0v) is 17.7. The van der Waals surface area contributed by atoms with E-state index >= 15 is 0 Å². The Hall–Kier alpha value is -4.19. The van der Waals surface area contributed by atoms with Crippen LogP contribution in [0.15, 0.2) is 42.7 Å². The first-order valence-corrected chi connectivity index (χ1v) is 10.1. The van der Waals surface area contributed by atoms with Crippen molar-refractivity contribution in [3.63, 3.8) is 0 Å². The molecule has 0 unspecified atom stereocenters. The maximum absolute atomic E-state index is 13.1. The van der Waals surface area contributed by atoms with Gasteiger partial charge in [-0.15, -0.1) is 0 Å². The number of H-pyrrole nitrogens is 1. The van der Waals surface area contributed by atoms with E-state index in [-0.39, 0.29) is 36.3 Å². The van der Waals surface area contributed by atoms with Crippen molar-refractivity contribution in [1.29, 1.82) is 5.26 Å². The number of methoxy groups -OCH3 is 1. The van der Waals surface area contributed by atoms with Crippen molar-refractivity contribution in [2.75, 3.05) is 26.7 Å². The number of Topliss-reactive ketones (excluding diaryl/α,β-unsaturated/α-hetero) is 1. The molecule has 1 fully saturated rings. The van der Waals surface area contributed by atoms with Crippen molar-refractivity contribution in [3.05, 3.63) is 59.5 Å². The standard InChI is InChI=1S/C23H21N5O4/c1-14-13-27(8-9-28(14)22(30)15-6-4-3-5-7-15)23(31)21(29)16-11-26-20-17(10-24)25-12-18(32-2)19(16)20/h3-7,11-12,14,26H,8-9,13H2,1-2H3/t14-/m1/s1. The molecule has 1 aromatic carbocycles.